The molecule has 1 rings (SSSR count). The van der Waals surface area contributed by atoms with Crippen molar-refractivity contribution in [3.63, 3.8) is 0 Å². The van der Waals surface area contributed by atoms with Crippen LogP contribution in [0.25, 0.3) is 0 Å². The molecule has 0 fully saturated rings. The summed E-state index contributed by atoms with van der Waals surface area (Å²) in [7, 11) is 0. The highest BCUT2D eigenvalue weighted by Crippen LogP contribution is 2.25. The SMILES string of the molecule is C=CC1=NCC(F)C=C1CCC[C@H](C)/N=C(/C(=N)CC(CC)CCC)C(C)(C)I. The van der Waals surface area contributed by atoms with Crippen molar-refractivity contribution in [2.24, 2.45) is 15.9 Å². The van der Waals surface area contributed by atoms with Crippen LogP contribution in [-0.4, -0.2) is 39.3 Å². The van der Waals surface area contributed by atoms with Crippen LogP contribution in [-0.2, 0) is 0 Å². The fraction of sp³-hybridized carbons (Fsp3) is 0.708. The normalized spacial score (nSPS) is 20.0. The Bertz CT molecular complexity index is 643. The lowest BCUT2D eigenvalue weighted by molar-refractivity contribution is 0.404. The van der Waals surface area contributed by atoms with Crippen molar-refractivity contribution in [3.8, 4) is 0 Å². The average Bonchev–Trinajstić information content (AvgIpc) is 2.64. The zero-order valence-corrected chi connectivity index (χ0v) is 21.1. The Morgan fingerprint density at radius 1 is 1.45 bits per heavy atom. The summed E-state index contributed by atoms with van der Waals surface area (Å²) in [5.74, 6) is 0.565. The molecule has 1 N–H and O–H groups in total. The van der Waals surface area contributed by atoms with Crippen molar-refractivity contribution in [3.05, 3.63) is 24.3 Å². The minimum absolute atomic E-state index is 0.139. The Kier molecular flexibility index (Phi) is 11.5. The maximum atomic E-state index is 13.6. The van der Waals surface area contributed by atoms with Crippen LogP contribution in [0.3, 0.4) is 0 Å². The van der Waals surface area contributed by atoms with Crippen LogP contribution in [0.2, 0.25) is 0 Å². The number of alkyl halides is 2. The molecule has 2 unspecified atom stereocenters. The van der Waals surface area contributed by atoms with E-state index in [0.29, 0.717) is 11.6 Å². The van der Waals surface area contributed by atoms with E-state index in [1.807, 2.05) is 0 Å². The maximum absolute atomic E-state index is 13.6. The monoisotopic (exact) mass is 515 g/mol. The highest BCUT2D eigenvalue weighted by molar-refractivity contribution is 14.1. The Morgan fingerprint density at radius 3 is 2.69 bits per heavy atom. The highest BCUT2D eigenvalue weighted by atomic mass is 127. The summed E-state index contributed by atoms with van der Waals surface area (Å²) in [5.41, 5.74) is 3.40. The van der Waals surface area contributed by atoms with Crippen LogP contribution in [0.4, 0.5) is 4.39 Å². The third kappa shape index (κ3) is 9.22. The van der Waals surface area contributed by atoms with Crippen LogP contribution < -0.4 is 0 Å². The molecule has 0 aromatic rings. The second kappa shape index (κ2) is 12.8. The van der Waals surface area contributed by atoms with Gasteiger partial charge >= 0.3 is 0 Å². The standard InChI is InChI=1S/C24H39FIN3/c1-7-11-18(8-2)14-21(27)23(24(5,6)26)29-17(4)12-10-13-19-15-20(25)16-28-22(19)9-3/h9,15,17-18,20,27H,3,7-8,10-14,16H2,1-2,4-6H3/b27-21?,29-23-/t17-,18?,20?/m0/s1. The molecule has 1 heterocycles. The highest BCUT2D eigenvalue weighted by Gasteiger charge is 2.27. The second-order valence-electron chi connectivity index (χ2n) is 8.57. The summed E-state index contributed by atoms with van der Waals surface area (Å²) < 4.78 is 13.5. The topological polar surface area (TPSA) is 48.6 Å². The first kappa shape index (κ1) is 26.2. The van der Waals surface area contributed by atoms with Crippen molar-refractivity contribution < 1.29 is 4.39 Å². The van der Waals surface area contributed by atoms with Gasteiger partial charge in [0.25, 0.3) is 0 Å². The number of hydrogen-bond donors (Lipinski definition) is 1. The summed E-state index contributed by atoms with van der Waals surface area (Å²) in [6.07, 6.45) is 9.30. The molecule has 0 amide bonds. The zero-order chi connectivity index (χ0) is 22.0. The van der Waals surface area contributed by atoms with E-state index in [9.17, 15) is 4.39 Å². The average molecular weight is 515 g/mol. The Labute approximate surface area is 191 Å². The lowest BCUT2D eigenvalue weighted by Gasteiger charge is -2.24. The van der Waals surface area contributed by atoms with Crippen molar-refractivity contribution >= 4 is 39.7 Å². The van der Waals surface area contributed by atoms with E-state index in [1.54, 1.807) is 12.2 Å². The van der Waals surface area contributed by atoms with Gasteiger partial charge in [-0.1, -0.05) is 62.3 Å². The summed E-state index contributed by atoms with van der Waals surface area (Å²) in [6.45, 7) is 14.8. The number of nitrogens with zero attached hydrogens (tertiary/aromatic N) is 2. The fourth-order valence-electron chi connectivity index (χ4n) is 3.76. The number of dihydropyridines is 1. The number of hydrogen-bond acceptors (Lipinski definition) is 3. The molecule has 0 spiro atoms. The molecule has 0 aromatic heterocycles. The molecule has 1 aliphatic heterocycles. The second-order valence-corrected chi connectivity index (χ2v) is 11.3. The van der Waals surface area contributed by atoms with Crippen molar-refractivity contribution in [1.82, 2.24) is 0 Å². The first-order valence-electron chi connectivity index (χ1n) is 11.0. The van der Waals surface area contributed by atoms with Gasteiger partial charge < -0.3 is 5.41 Å². The van der Waals surface area contributed by atoms with Crippen molar-refractivity contribution in [2.45, 2.75) is 95.2 Å². The number of rotatable bonds is 13. The molecule has 0 radical (unpaired) electrons. The summed E-state index contributed by atoms with van der Waals surface area (Å²) in [6, 6.07) is 0.139. The molecular formula is C24H39FIN3. The van der Waals surface area contributed by atoms with E-state index in [4.69, 9.17) is 10.4 Å². The summed E-state index contributed by atoms with van der Waals surface area (Å²) in [5, 5.41) is 8.70. The molecule has 164 valence electrons. The van der Waals surface area contributed by atoms with E-state index in [-0.39, 0.29) is 16.0 Å². The molecule has 1 aliphatic rings. The van der Waals surface area contributed by atoms with Gasteiger partial charge in [-0.15, -0.1) is 0 Å². The van der Waals surface area contributed by atoms with Gasteiger partial charge in [0, 0.05) is 6.04 Å². The van der Waals surface area contributed by atoms with Crippen LogP contribution in [0.15, 0.2) is 34.3 Å². The third-order valence-corrected chi connectivity index (χ3v) is 5.88. The summed E-state index contributed by atoms with van der Waals surface area (Å²) >= 11 is 2.40. The van der Waals surface area contributed by atoms with E-state index < -0.39 is 6.17 Å². The van der Waals surface area contributed by atoms with Gasteiger partial charge in [-0.05, 0) is 70.1 Å². The molecule has 0 aromatic carbocycles. The largest absolute Gasteiger partial charge is 0.303 e. The number of aliphatic imine (C=N–C) groups is 2. The van der Waals surface area contributed by atoms with Gasteiger partial charge in [0.2, 0.25) is 0 Å². The number of allylic oxidation sites excluding steroid dienone is 2. The van der Waals surface area contributed by atoms with Crippen LogP contribution in [0, 0.1) is 11.3 Å². The summed E-state index contributed by atoms with van der Waals surface area (Å²) in [4.78, 5) is 9.23. The van der Waals surface area contributed by atoms with Gasteiger partial charge in [-0.25, -0.2) is 4.39 Å². The molecule has 29 heavy (non-hydrogen) atoms. The number of halogens is 2. The first-order valence-corrected chi connectivity index (χ1v) is 12.1. The van der Waals surface area contributed by atoms with Gasteiger partial charge in [0.05, 0.1) is 27.1 Å². The lowest BCUT2D eigenvalue weighted by Crippen LogP contribution is -2.34. The van der Waals surface area contributed by atoms with Crippen LogP contribution in [0.5, 0.6) is 0 Å². The van der Waals surface area contributed by atoms with Gasteiger partial charge in [0.1, 0.15) is 6.17 Å². The van der Waals surface area contributed by atoms with Crippen LogP contribution >= 0.6 is 22.6 Å². The van der Waals surface area contributed by atoms with E-state index in [2.05, 4.69) is 68.8 Å². The Balaban J connectivity index is 2.75. The first-order chi connectivity index (χ1) is 13.6. The van der Waals surface area contributed by atoms with Gasteiger partial charge in [0.15, 0.2) is 0 Å². The van der Waals surface area contributed by atoms with E-state index in [0.717, 1.165) is 55.5 Å². The minimum Gasteiger partial charge on any atom is -0.303 e. The molecule has 5 heteroatoms. The van der Waals surface area contributed by atoms with E-state index in [1.165, 1.54) is 6.42 Å². The van der Waals surface area contributed by atoms with E-state index >= 15 is 0 Å². The molecule has 3 atom stereocenters. The predicted octanol–water partition coefficient (Wildman–Crippen LogP) is 7.34. The number of nitrogens with one attached hydrogen (secondary N) is 1. The van der Waals surface area contributed by atoms with Crippen molar-refractivity contribution in [2.75, 3.05) is 6.54 Å². The molecule has 0 aliphatic carbocycles. The zero-order valence-electron chi connectivity index (χ0n) is 18.9. The molecule has 0 saturated heterocycles. The lowest BCUT2D eigenvalue weighted by atomic mass is 9.90. The predicted molar refractivity (Wildman–Crippen MR) is 135 cm³/mol. The van der Waals surface area contributed by atoms with Crippen LogP contribution in [0.1, 0.15) is 79.6 Å². The minimum atomic E-state index is -0.981. The molecule has 0 saturated carbocycles. The molecule has 0 bridgehead atoms. The Morgan fingerprint density at radius 2 is 2.14 bits per heavy atom. The van der Waals surface area contributed by atoms with Gasteiger partial charge in [-0.3, -0.25) is 9.98 Å². The smallest absolute Gasteiger partial charge is 0.138 e. The van der Waals surface area contributed by atoms with Crippen molar-refractivity contribution in [1.29, 1.82) is 5.41 Å². The van der Waals surface area contributed by atoms with Gasteiger partial charge in [-0.2, -0.15) is 0 Å². The Hall–Kier alpha value is -0.850. The maximum Gasteiger partial charge on any atom is 0.138 e. The molecular weight excluding hydrogens is 476 g/mol. The quantitative estimate of drug-likeness (QED) is 0.152. The molecule has 3 nitrogen and oxygen atoms in total. The fourth-order valence-corrected chi connectivity index (χ4v) is 4.22. The third-order valence-electron chi connectivity index (χ3n) is 5.37.